The molecule has 0 radical (unpaired) electrons. The molecule has 0 fully saturated rings. The summed E-state index contributed by atoms with van der Waals surface area (Å²) in [5.41, 5.74) is 0. The van der Waals surface area contributed by atoms with Crippen molar-refractivity contribution in [1.29, 1.82) is 0 Å². The van der Waals surface area contributed by atoms with Gasteiger partial charge in [0.05, 0.1) is 13.2 Å². The zero-order valence-corrected chi connectivity index (χ0v) is 34.1. The topological polar surface area (TPSA) is 169 Å². The Labute approximate surface area is 326 Å². The molecule has 3 unspecified atom stereocenters. The zero-order valence-electron chi connectivity index (χ0n) is 33.3. The maximum Gasteiger partial charge on any atom is 0.472 e. The van der Waals surface area contributed by atoms with Gasteiger partial charge in [0.25, 0.3) is 0 Å². The Kier molecular flexibility index (Phi) is 35.2. The first kappa shape index (κ1) is 51.2. The predicted octanol–water partition coefficient (Wildman–Crippen LogP) is 10.00. The summed E-state index contributed by atoms with van der Waals surface area (Å²) in [5, 5.41) is 21.7. The molecule has 4 N–H and O–H groups in total. The van der Waals surface area contributed by atoms with Crippen molar-refractivity contribution in [3.8, 4) is 0 Å². The molecule has 0 rings (SSSR count). The molecular formula is C42H72NO10P. The third kappa shape index (κ3) is 36.2. The fourth-order valence-electron chi connectivity index (χ4n) is 5.16. The van der Waals surface area contributed by atoms with Crippen LogP contribution in [0.25, 0.3) is 0 Å². The van der Waals surface area contributed by atoms with Crippen molar-refractivity contribution in [2.24, 2.45) is 0 Å². The quantitative estimate of drug-likeness (QED) is 0.0206. The average Bonchev–Trinajstić information content (AvgIpc) is 3.14. The van der Waals surface area contributed by atoms with Crippen molar-refractivity contribution in [3.63, 3.8) is 0 Å². The molecular weight excluding hydrogens is 709 g/mol. The number of carbonyl (C=O) groups excluding carboxylic acids is 2. The molecule has 310 valence electrons. The van der Waals surface area contributed by atoms with E-state index in [0.29, 0.717) is 12.8 Å². The van der Waals surface area contributed by atoms with Crippen LogP contribution in [0, 0.1) is 0 Å². The summed E-state index contributed by atoms with van der Waals surface area (Å²) in [6, 6.07) is -1.55. The van der Waals surface area contributed by atoms with Crippen molar-refractivity contribution in [2.75, 3.05) is 19.8 Å². The summed E-state index contributed by atoms with van der Waals surface area (Å²) < 4.78 is 26.7. The smallest absolute Gasteiger partial charge is 0.472 e. The number of phosphoric acid groups is 1. The number of amides is 1. The first-order chi connectivity index (χ1) is 26.1. The van der Waals surface area contributed by atoms with Crippen molar-refractivity contribution >= 4 is 25.7 Å². The van der Waals surface area contributed by atoms with Crippen LogP contribution >= 0.6 is 7.82 Å². The van der Waals surface area contributed by atoms with Gasteiger partial charge in [-0.2, -0.15) is 0 Å². The summed E-state index contributed by atoms with van der Waals surface area (Å²) in [7, 11) is -4.75. The lowest BCUT2D eigenvalue weighted by Gasteiger charge is -2.18. The number of allylic oxidation sites excluding steroid dienone is 10. The standard InChI is InChI=1S/C42H72NO10P/c1-3-5-7-9-11-13-14-15-16-17-18-19-20-21-22-23-24-26-28-30-32-34-41(46)51-35-38(44)36-52-54(49,50)53-37-39(42(47)48)43-40(45)33-31-29-27-25-12-10-8-6-4-2/h5,7,11,13,15-16,18-19,21-22,38-39,44H,3-4,6,8-10,12,14,17,20,23-37H2,1-2H3,(H,43,45)(H,47,48)(H,49,50)/b7-5-,13-11-,16-15-,19-18-,22-21-. The molecule has 3 atom stereocenters. The van der Waals surface area contributed by atoms with Gasteiger partial charge in [-0.25, -0.2) is 9.36 Å². The van der Waals surface area contributed by atoms with Crippen molar-refractivity contribution in [2.45, 2.75) is 167 Å². The minimum Gasteiger partial charge on any atom is -0.480 e. The van der Waals surface area contributed by atoms with Crippen LogP contribution in [0.3, 0.4) is 0 Å². The number of aliphatic carboxylic acids is 1. The zero-order chi connectivity index (χ0) is 40.0. The number of carbonyl (C=O) groups is 3. The molecule has 0 aliphatic rings. The Bertz CT molecular complexity index is 1150. The highest BCUT2D eigenvalue weighted by atomic mass is 31.2. The van der Waals surface area contributed by atoms with Gasteiger partial charge in [0.1, 0.15) is 12.7 Å². The Morgan fingerprint density at radius 3 is 1.61 bits per heavy atom. The number of carboxylic acid groups (broad SMARTS) is 1. The molecule has 0 aromatic carbocycles. The van der Waals surface area contributed by atoms with E-state index in [-0.39, 0.29) is 12.8 Å². The number of unbranched alkanes of at least 4 members (excludes halogenated alkanes) is 13. The molecule has 1 amide bonds. The van der Waals surface area contributed by atoms with Gasteiger partial charge < -0.3 is 25.2 Å². The Hall–Kier alpha value is -2.82. The highest BCUT2D eigenvalue weighted by Crippen LogP contribution is 2.43. The molecule has 0 saturated heterocycles. The molecule has 0 spiro atoms. The lowest BCUT2D eigenvalue weighted by molar-refractivity contribution is -0.147. The number of esters is 1. The van der Waals surface area contributed by atoms with E-state index >= 15 is 0 Å². The molecule has 11 nitrogen and oxygen atoms in total. The van der Waals surface area contributed by atoms with E-state index in [1.54, 1.807) is 0 Å². The van der Waals surface area contributed by atoms with Crippen LogP contribution in [0.2, 0.25) is 0 Å². The van der Waals surface area contributed by atoms with E-state index in [9.17, 15) is 34.1 Å². The number of carboxylic acids is 1. The first-order valence-electron chi connectivity index (χ1n) is 20.3. The Morgan fingerprint density at radius 1 is 0.611 bits per heavy atom. The van der Waals surface area contributed by atoms with Crippen LogP contribution in [0.1, 0.15) is 155 Å². The molecule has 0 saturated carbocycles. The fourth-order valence-corrected chi connectivity index (χ4v) is 5.94. The highest BCUT2D eigenvalue weighted by molar-refractivity contribution is 7.47. The van der Waals surface area contributed by atoms with Crippen LogP contribution in [-0.4, -0.2) is 64.9 Å². The highest BCUT2D eigenvalue weighted by Gasteiger charge is 2.28. The minimum absolute atomic E-state index is 0.143. The minimum atomic E-state index is -4.75. The molecule has 0 aliphatic heterocycles. The monoisotopic (exact) mass is 781 g/mol. The summed E-state index contributed by atoms with van der Waals surface area (Å²) in [4.78, 5) is 45.7. The van der Waals surface area contributed by atoms with E-state index in [0.717, 1.165) is 83.5 Å². The SMILES string of the molecule is CC/C=C\C/C=C\C/C=C\C/C=C\C/C=C\CCCCCCCC(=O)OCC(O)COP(=O)(O)OCC(NC(=O)CCCCCCCCCCC)C(=O)O. The van der Waals surface area contributed by atoms with Crippen LogP contribution in [0.15, 0.2) is 60.8 Å². The predicted molar refractivity (Wildman–Crippen MR) is 217 cm³/mol. The van der Waals surface area contributed by atoms with Crippen molar-refractivity contribution in [3.05, 3.63) is 60.8 Å². The molecule has 54 heavy (non-hydrogen) atoms. The average molecular weight is 782 g/mol. The third-order valence-electron chi connectivity index (χ3n) is 8.32. The second kappa shape index (κ2) is 37.1. The largest absolute Gasteiger partial charge is 0.480 e. The number of hydrogen-bond acceptors (Lipinski definition) is 8. The van der Waals surface area contributed by atoms with E-state index in [1.807, 2.05) is 0 Å². The summed E-state index contributed by atoms with van der Waals surface area (Å²) in [6.45, 7) is 2.40. The molecule has 12 heteroatoms. The summed E-state index contributed by atoms with van der Waals surface area (Å²) in [5.74, 6) is -2.40. The van der Waals surface area contributed by atoms with Gasteiger partial charge in [0.2, 0.25) is 5.91 Å². The molecule has 0 bridgehead atoms. The normalized spacial score (nSPS) is 14.4. The van der Waals surface area contributed by atoms with Crippen LogP contribution < -0.4 is 5.32 Å². The number of hydrogen-bond donors (Lipinski definition) is 4. The number of ether oxygens (including phenoxy) is 1. The van der Waals surface area contributed by atoms with E-state index in [2.05, 4.69) is 79.9 Å². The second-order valence-corrected chi connectivity index (χ2v) is 14.9. The van der Waals surface area contributed by atoms with Crippen molar-refractivity contribution < 1.29 is 47.8 Å². The number of aliphatic hydroxyl groups excluding tert-OH is 1. The fraction of sp³-hybridized carbons (Fsp3) is 0.690. The lowest BCUT2D eigenvalue weighted by Crippen LogP contribution is -2.43. The molecule has 0 aromatic heterocycles. The molecule has 0 aromatic rings. The van der Waals surface area contributed by atoms with Gasteiger partial charge in [0, 0.05) is 12.8 Å². The molecule has 0 aliphatic carbocycles. The van der Waals surface area contributed by atoms with Crippen LogP contribution in [0.5, 0.6) is 0 Å². The van der Waals surface area contributed by atoms with Gasteiger partial charge in [0.15, 0.2) is 6.04 Å². The van der Waals surface area contributed by atoms with Crippen molar-refractivity contribution in [1.82, 2.24) is 5.32 Å². The maximum absolute atomic E-state index is 12.2. The Balaban J connectivity index is 3.93. The number of rotatable bonds is 37. The first-order valence-corrected chi connectivity index (χ1v) is 21.8. The second-order valence-electron chi connectivity index (χ2n) is 13.4. The van der Waals surface area contributed by atoms with Gasteiger partial charge in [-0.05, 0) is 57.8 Å². The third-order valence-corrected chi connectivity index (χ3v) is 9.27. The number of nitrogens with one attached hydrogen (secondary N) is 1. The summed E-state index contributed by atoms with van der Waals surface area (Å²) in [6.07, 6.45) is 41.2. The van der Waals surface area contributed by atoms with Gasteiger partial charge >= 0.3 is 19.8 Å². The van der Waals surface area contributed by atoms with E-state index in [1.165, 1.54) is 32.1 Å². The van der Waals surface area contributed by atoms with E-state index < -0.39 is 57.6 Å². The lowest BCUT2D eigenvalue weighted by atomic mass is 10.1. The van der Waals surface area contributed by atoms with Gasteiger partial charge in [-0.15, -0.1) is 0 Å². The van der Waals surface area contributed by atoms with Crippen LogP contribution in [0.4, 0.5) is 0 Å². The number of phosphoric ester groups is 1. The Morgan fingerprint density at radius 2 is 1.07 bits per heavy atom. The van der Waals surface area contributed by atoms with Gasteiger partial charge in [-0.3, -0.25) is 18.6 Å². The molecule has 0 heterocycles. The van der Waals surface area contributed by atoms with Gasteiger partial charge in [-0.1, -0.05) is 145 Å². The maximum atomic E-state index is 12.2. The number of aliphatic hydroxyl groups is 1. The van der Waals surface area contributed by atoms with Crippen LogP contribution in [-0.2, 0) is 32.7 Å². The summed E-state index contributed by atoms with van der Waals surface area (Å²) >= 11 is 0. The van der Waals surface area contributed by atoms with E-state index in [4.69, 9.17) is 13.8 Å².